The van der Waals surface area contributed by atoms with Crippen LogP contribution in [0.1, 0.15) is 105 Å². The van der Waals surface area contributed by atoms with Crippen molar-refractivity contribution in [2.45, 2.75) is 152 Å². The van der Waals surface area contributed by atoms with Crippen molar-refractivity contribution < 1.29 is 24.1 Å². The van der Waals surface area contributed by atoms with Crippen LogP contribution in [0.15, 0.2) is 24.3 Å². The molecule has 0 spiro atoms. The first-order valence-electron chi connectivity index (χ1n) is 14.1. The molecular weight excluding hydrogens is 428 g/mol. The highest BCUT2D eigenvalue weighted by Crippen LogP contribution is 2.51. The van der Waals surface area contributed by atoms with Crippen LogP contribution < -0.4 is 0 Å². The van der Waals surface area contributed by atoms with Gasteiger partial charge in [0.1, 0.15) is 11.7 Å². The first-order chi connectivity index (χ1) is 16.4. The second kappa shape index (κ2) is 11.1. The molecule has 0 bridgehead atoms. The van der Waals surface area contributed by atoms with E-state index in [1.807, 2.05) is 13.0 Å². The third kappa shape index (κ3) is 5.06. The van der Waals surface area contributed by atoms with Gasteiger partial charge in [0.15, 0.2) is 0 Å². The third-order valence-electron chi connectivity index (χ3n) is 8.99. The van der Waals surface area contributed by atoms with Crippen molar-refractivity contribution in [2.75, 3.05) is 6.61 Å². The van der Waals surface area contributed by atoms with Gasteiger partial charge in [-0.15, -0.1) is 0 Å². The number of ether oxygens (including phenoxy) is 4. The zero-order valence-corrected chi connectivity index (χ0v) is 22.0. The number of fused-ring (bicyclic) bond motifs is 3. The second-order valence-electron chi connectivity index (χ2n) is 11.0. The number of aliphatic hydroxyl groups is 1. The maximum absolute atomic E-state index is 11.5. The molecule has 8 atom stereocenters. The Morgan fingerprint density at radius 2 is 1.74 bits per heavy atom. The fourth-order valence-corrected chi connectivity index (χ4v) is 6.64. The van der Waals surface area contributed by atoms with Crippen molar-refractivity contribution in [3.63, 3.8) is 0 Å². The third-order valence-corrected chi connectivity index (χ3v) is 8.99. The largest absolute Gasteiger partial charge is 0.383 e. The van der Waals surface area contributed by atoms with Crippen LogP contribution >= 0.6 is 0 Å². The molecule has 0 amide bonds. The molecule has 0 saturated carbocycles. The minimum atomic E-state index is -0.968. The number of hydrogen-bond donors (Lipinski definition) is 1. The molecule has 3 saturated heterocycles. The average molecular weight is 477 g/mol. The summed E-state index contributed by atoms with van der Waals surface area (Å²) in [6.07, 6.45) is 19.5. The van der Waals surface area contributed by atoms with Gasteiger partial charge in [0.05, 0.1) is 35.6 Å². The lowest BCUT2D eigenvalue weighted by atomic mass is 9.70. The summed E-state index contributed by atoms with van der Waals surface area (Å²) in [6.45, 7) is 9.48. The minimum Gasteiger partial charge on any atom is -0.383 e. The maximum atomic E-state index is 11.5. The van der Waals surface area contributed by atoms with Gasteiger partial charge in [-0.3, -0.25) is 0 Å². The summed E-state index contributed by atoms with van der Waals surface area (Å²) in [5.41, 5.74) is -1.61. The van der Waals surface area contributed by atoms with E-state index in [2.05, 4.69) is 39.0 Å². The Bertz CT molecular complexity index is 721. The van der Waals surface area contributed by atoms with Crippen LogP contribution in [0.5, 0.6) is 0 Å². The lowest BCUT2D eigenvalue weighted by Gasteiger charge is -2.58. The van der Waals surface area contributed by atoms with E-state index in [1.165, 1.54) is 0 Å². The summed E-state index contributed by atoms with van der Waals surface area (Å²) in [5, 5.41) is 11.5. The summed E-state index contributed by atoms with van der Waals surface area (Å²) >= 11 is 0. The molecule has 34 heavy (non-hydrogen) atoms. The van der Waals surface area contributed by atoms with Crippen molar-refractivity contribution in [3.05, 3.63) is 24.3 Å². The summed E-state index contributed by atoms with van der Waals surface area (Å²) < 4.78 is 27.0. The molecule has 4 rings (SSSR count). The second-order valence-corrected chi connectivity index (χ2v) is 11.0. The topological polar surface area (TPSA) is 57.2 Å². The van der Waals surface area contributed by atoms with Crippen LogP contribution in [0, 0.1) is 0 Å². The molecule has 4 aliphatic rings. The number of unbranched alkanes of at least 4 members (excludes halogenated alkanes) is 1. The van der Waals surface area contributed by atoms with Gasteiger partial charge < -0.3 is 24.1 Å². The lowest BCUT2D eigenvalue weighted by Crippen LogP contribution is -2.67. The van der Waals surface area contributed by atoms with Crippen LogP contribution in [0.4, 0.5) is 0 Å². The van der Waals surface area contributed by atoms with Crippen molar-refractivity contribution >= 4 is 0 Å². The fourth-order valence-electron chi connectivity index (χ4n) is 6.64. The Morgan fingerprint density at radius 1 is 0.941 bits per heavy atom. The molecule has 3 fully saturated rings. The summed E-state index contributed by atoms with van der Waals surface area (Å²) in [7, 11) is 0. The molecule has 1 N–H and O–H groups in total. The fraction of sp³-hybridized carbons (Fsp3) is 0.862. The van der Waals surface area contributed by atoms with Crippen molar-refractivity contribution in [2.24, 2.45) is 0 Å². The number of rotatable bonds is 8. The molecule has 4 aliphatic heterocycles. The van der Waals surface area contributed by atoms with Crippen LogP contribution in [-0.2, 0) is 18.9 Å². The molecule has 4 heterocycles. The van der Waals surface area contributed by atoms with E-state index in [9.17, 15) is 5.11 Å². The molecule has 194 valence electrons. The molecule has 0 radical (unpaired) electrons. The van der Waals surface area contributed by atoms with Crippen molar-refractivity contribution in [1.29, 1.82) is 0 Å². The molecule has 0 aliphatic carbocycles. The van der Waals surface area contributed by atoms with Crippen molar-refractivity contribution in [3.8, 4) is 0 Å². The van der Waals surface area contributed by atoms with E-state index in [0.29, 0.717) is 6.42 Å². The predicted molar refractivity (Wildman–Crippen MR) is 135 cm³/mol. The molecule has 0 aromatic heterocycles. The zero-order valence-electron chi connectivity index (χ0n) is 22.0. The van der Waals surface area contributed by atoms with E-state index >= 15 is 0 Å². The van der Waals surface area contributed by atoms with Gasteiger partial charge in [-0.1, -0.05) is 58.4 Å². The van der Waals surface area contributed by atoms with E-state index < -0.39 is 5.60 Å². The van der Waals surface area contributed by atoms with Gasteiger partial charge in [-0.05, 0) is 57.8 Å². The van der Waals surface area contributed by atoms with Gasteiger partial charge >= 0.3 is 0 Å². The van der Waals surface area contributed by atoms with E-state index in [1.54, 1.807) is 0 Å². The Kier molecular flexibility index (Phi) is 8.62. The first-order valence-corrected chi connectivity index (χ1v) is 14.1. The lowest BCUT2D eigenvalue weighted by molar-refractivity contribution is -0.321. The van der Waals surface area contributed by atoms with Crippen LogP contribution in [0.2, 0.25) is 0 Å². The molecule has 8 unspecified atom stereocenters. The predicted octanol–water partition coefficient (Wildman–Crippen LogP) is 6.03. The van der Waals surface area contributed by atoms with Crippen LogP contribution in [-0.4, -0.2) is 59.0 Å². The SMILES string of the molecule is CCCC=CCCC1OC2CC3OC4CCCCOC4(CC)CC3(CC)OC2C=CC1(O)CC. The van der Waals surface area contributed by atoms with Crippen LogP contribution in [0.25, 0.3) is 0 Å². The Hall–Kier alpha value is -0.720. The highest BCUT2D eigenvalue weighted by Gasteiger charge is 2.60. The molecule has 0 aromatic carbocycles. The normalized spacial score (nSPS) is 44.7. The first kappa shape index (κ1) is 26.3. The van der Waals surface area contributed by atoms with Gasteiger partial charge in [0.2, 0.25) is 0 Å². The van der Waals surface area contributed by atoms with E-state index in [-0.39, 0.29) is 41.7 Å². The van der Waals surface area contributed by atoms with Crippen molar-refractivity contribution in [1.82, 2.24) is 0 Å². The van der Waals surface area contributed by atoms with Gasteiger partial charge in [-0.2, -0.15) is 0 Å². The zero-order chi connectivity index (χ0) is 24.2. The van der Waals surface area contributed by atoms with Gasteiger partial charge in [-0.25, -0.2) is 0 Å². The average Bonchev–Trinajstić information content (AvgIpc) is 3.13. The Morgan fingerprint density at radius 3 is 2.47 bits per heavy atom. The summed E-state index contributed by atoms with van der Waals surface area (Å²) in [5.74, 6) is 0. The van der Waals surface area contributed by atoms with E-state index in [0.717, 1.165) is 77.2 Å². The van der Waals surface area contributed by atoms with Crippen LogP contribution in [0.3, 0.4) is 0 Å². The standard InChI is InChI=1S/C29H48O5/c1-5-9-10-11-12-15-24-27(30,6-2)18-17-22-23(32-24)20-26-29(8-4,34-22)21-28(7-3)25(33-26)16-13-14-19-31-28/h10-11,17-18,22-26,30H,5-9,12-16,19-21H2,1-4H3. The number of hydrogen-bond acceptors (Lipinski definition) is 5. The highest BCUT2D eigenvalue weighted by molar-refractivity contribution is 5.16. The Balaban J connectivity index is 1.55. The monoisotopic (exact) mass is 476 g/mol. The maximum Gasteiger partial charge on any atom is 0.109 e. The van der Waals surface area contributed by atoms with Gasteiger partial charge in [0, 0.05) is 19.4 Å². The minimum absolute atomic E-state index is 0.00329. The van der Waals surface area contributed by atoms with E-state index in [4.69, 9.17) is 18.9 Å². The summed E-state index contributed by atoms with van der Waals surface area (Å²) in [4.78, 5) is 0. The molecular formula is C29H48O5. The quantitative estimate of drug-likeness (QED) is 0.433. The molecule has 5 heteroatoms. The number of allylic oxidation sites excluding steroid dienone is 2. The van der Waals surface area contributed by atoms with Gasteiger partial charge in [0.25, 0.3) is 0 Å². The molecule has 0 aromatic rings. The Labute approximate surface area is 207 Å². The smallest absolute Gasteiger partial charge is 0.109 e. The molecule has 5 nitrogen and oxygen atoms in total. The highest BCUT2D eigenvalue weighted by atomic mass is 16.6. The summed E-state index contributed by atoms with van der Waals surface area (Å²) in [6, 6.07) is 0.